The zero-order valence-corrected chi connectivity index (χ0v) is 9.22. The van der Waals surface area contributed by atoms with Crippen LogP contribution < -0.4 is 5.32 Å². The highest BCUT2D eigenvalue weighted by atomic mass is 35.5. The van der Waals surface area contributed by atoms with Crippen LogP contribution in [0.5, 0.6) is 0 Å². The van der Waals surface area contributed by atoms with Crippen molar-refractivity contribution in [3.05, 3.63) is 47.5 Å². The van der Waals surface area contributed by atoms with Crippen molar-refractivity contribution in [1.82, 2.24) is 5.32 Å². The average molecular weight is 210 g/mol. The van der Waals surface area contributed by atoms with Gasteiger partial charge in [-0.3, -0.25) is 0 Å². The second-order valence-corrected chi connectivity index (χ2v) is 3.71. The van der Waals surface area contributed by atoms with Crippen LogP contribution in [0.4, 0.5) is 0 Å². The normalized spacial score (nSPS) is 12.4. The summed E-state index contributed by atoms with van der Waals surface area (Å²) >= 11 is 6.07. The van der Waals surface area contributed by atoms with E-state index in [4.69, 9.17) is 11.6 Å². The zero-order chi connectivity index (χ0) is 10.4. The Morgan fingerprint density at radius 2 is 2.21 bits per heavy atom. The maximum atomic E-state index is 6.07. The predicted octanol–water partition coefficient (Wildman–Crippen LogP) is 3.05. The molecule has 1 rings (SSSR count). The number of hydrogen-bond acceptors (Lipinski definition) is 1. The van der Waals surface area contributed by atoms with Crippen LogP contribution in [0.1, 0.15) is 12.0 Å². The van der Waals surface area contributed by atoms with Gasteiger partial charge >= 0.3 is 0 Å². The Hall–Kier alpha value is -0.790. The van der Waals surface area contributed by atoms with Gasteiger partial charge in [0.1, 0.15) is 0 Å². The smallest absolute Gasteiger partial charge is 0.0438 e. The summed E-state index contributed by atoms with van der Waals surface area (Å²) in [4.78, 5) is 0. The third-order valence-corrected chi connectivity index (χ3v) is 2.65. The molecule has 0 fully saturated rings. The first-order valence-corrected chi connectivity index (χ1v) is 5.17. The standard InChI is InChI=1S/C12H16ClN/c1-3-6-11(14-2)9-10-7-4-5-8-12(10)13/h3-5,7-8,11,14H,1,6,9H2,2H3. The first kappa shape index (κ1) is 11.3. The topological polar surface area (TPSA) is 12.0 Å². The lowest BCUT2D eigenvalue weighted by Crippen LogP contribution is -2.26. The van der Waals surface area contributed by atoms with E-state index in [1.807, 2.05) is 31.3 Å². The molecule has 0 heterocycles. The van der Waals surface area contributed by atoms with Gasteiger partial charge in [-0.1, -0.05) is 35.9 Å². The Balaban J connectivity index is 2.66. The monoisotopic (exact) mass is 209 g/mol. The van der Waals surface area contributed by atoms with Gasteiger partial charge in [0.25, 0.3) is 0 Å². The lowest BCUT2D eigenvalue weighted by atomic mass is 10.0. The molecule has 0 aliphatic rings. The number of nitrogens with one attached hydrogen (secondary N) is 1. The van der Waals surface area contributed by atoms with Crippen LogP contribution >= 0.6 is 11.6 Å². The fourth-order valence-corrected chi connectivity index (χ4v) is 1.65. The van der Waals surface area contributed by atoms with Gasteiger partial charge < -0.3 is 5.32 Å². The summed E-state index contributed by atoms with van der Waals surface area (Å²) in [6.07, 6.45) is 3.84. The van der Waals surface area contributed by atoms with Gasteiger partial charge in [-0.05, 0) is 31.5 Å². The fourth-order valence-electron chi connectivity index (χ4n) is 1.43. The summed E-state index contributed by atoms with van der Waals surface area (Å²) in [6, 6.07) is 8.38. The van der Waals surface area contributed by atoms with E-state index < -0.39 is 0 Å². The van der Waals surface area contributed by atoms with Gasteiger partial charge in [0.2, 0.25) is 0 Å². The van der Waals surface area contributed by atoms with Crippen molar-refractivity contribution in [3.63, 3.8) is 0 Å². The number of benzene rings is 1. The van der Waals surface area contributed by atoms with Crippen LogP contribution in [0.25, 0.3) is 0 Å². The molecule has 0 amide bonds. The molecule has 0 aliphatic carbocycles. The molecule has 1 atom stereocenters. The van der Waals surface area contributed by atoms with Gasteiger partial charge in [0.15, 0.2) is 0 Å². The van der Waals surface area contributed by atoms with E-state index in [9.17, 15) is 0 Å². The van der Waals surface area contributed by atoms with Gasteiger partial charge in [-0.25, -0.2) is 0 Å². The highest BCUT2D eigenvalue weighted by molar-refractivity contribution is 6.31. The molecule has 76 valence electrons. The summed E-state index contributed by atoms with van der Waals surface area (Å²) in [6.45, 7) is 3.74. The lowest BCUT2D eigenvalue weighted by molar-refractivity contribution is 0.566. The number of rotatable bonds is 5. The van der Waals surface area contributed by atoms with Crippen molar-refractivity contribution in [3.8, 4) is 0 Å². The predicted molar refractivity (Wildman–Crippen MR) is 62.8 cm³/mol. The summed E-state index contributed by atoms with van der Waals surface area (Å²) in [5, 5.41) is 4.09. The molecule has 14 heavy (non-hydrogen) atoms. The molecule has 0 radical (unpaired) electrons. The fraction of sp³-hybridized carbons (Fsp3) is 0.333. The van der Waals surface area contributed by atoms with Crippen LogP contribution in [0.15, 0.2) is 36.9 Å². The number of halogens is 1. The molecular formula is C12H16ClN. The number of hydrogen-bond donors (Lipinski definition) is 1. The summed E-state index contributed by atoms with van der Waals surface area (Å²) < 4.78 is 0. The Morgan fingerprint density at radius 1 is 1.50 bits per heavy atom. The third kappa shape index (κ3) is 3.17. The largest absolute Gasteiger partial charge is 0.316 e. The maximum Gasteiger partial charge on any atom is 0.0438 e. The molecule has 0 saturated carbocycles. The quantitative estimate of drug-likeness (QED) is 0.736. The Kier molecular flexibility index (Phi) is 4.71. The minimum Gasteiger partial charge on any atom is -0.316 e. The summed E-state index contributed by atoms with van der Waals surface area (Å²) in [5.74, 6) is 0. The molecular weight excluding hydrogens is 194 g/mol. The zero-order valence-electron chi connectivity index (χ0n) is 8.46. The first-order valence-electron chi connectivity index (χ1n) is 4.79. The van der Waals surface area contributed by atoms with Gasteiger partial charge in [-0.2, -0.15) is 0 Å². The molecule has 1 unspecified atom stereocenters. The summed E-state index contributed by atoms with van der Waals surface area (Å²) in [7, 11) is 1.96. The molecule has 0 saturated heterocycles. The van der Waals surface area contributed by atoms with E-state index in [1.165, 1.54) is 5.56 Å². The van der Waals surface area contributed by atoms with Gasteiger partial charge in [0.05, 0.1) is 0 Å². The Labute approximate surface area is 90.8 Å². The molecule has 0 spiro atoms. The minimum absolute atomic E-state index is 0.424. The second-order valence-electron chi connectivity index (χ2n) is 3.31. The second kappa shape index (κ2) is 5.84. The van der Waals surface area contributed by atoms with Crippen molar-refractivity contribution in [2.45, 2.75) is 18.9 Å². The SMILES string of the molecule is C=CCC(Cc1ccccc1Cl)NC. The maximum absolute atomic E-state index is 6.07. The van der Waals surface area contributed by atoms with Crippen molar-refractivity contribution >= 4 is 11.6 Å². The first-order chi connectivity index (χ1) is 6.77. The highest BCUT2D eigenvalue weighted by Crippen LogP contribution is 2.17. The van der Waals surface area contributed by atoms with Crippen molar-refractivity contribution in [2.75, 3.05) is 7.05 Å². The van der Waals surface area contributed by atoms with Gasteiger partial charge in [0, 0.05) is 11.1 Å². The third-order valence-electron chi connectivity index (χ3n) is 2.28. The Morgan fingerprint density at radius 3 is 2.79 bits per heavy atom. The van der Waals surface area contributed by atoms with Crippen LogP contribution in [0, 0.1) is 0 Å². The average Bonchev–Trinajstić information content (AvgIpc) is 2.20. The minimum atomic E-state index is 0.424. The van der Waals surface area contributed by atoms with Crippen LogP contribution in [-0.2, 0) is 6.42 Å². The molecule has 1 aromatic carbocycles. The van der Waals surface area contributed by atoms with Gasteiger partial charge in [-0.15, -0.1) is 6.58 Å². The molecule has 0 aliphatic heterocycles. The van der Waals surface area contributed by atoms with Crippen LogP contribution in [0.3, 0.4) is 0 Å². The van der Waals surface area contributed by atoms with Crippen LogP contribution in [0.2, 0.25) is 5.02 Å². The molecule has 0 bridgehead atoms. The molecule has 2 heteroatoms. The van der Waals surface area contributed by atoms with Crippen LogP contribution in [-0.4, -0.2) is 13.1 Å². The molecule has 1 aromatic rings. The highest BCUT2D eigenvalue weighted by Gasteiger charge is 2.07. The Bertz CT molecular complexity index is 296. The van der Waals surface area contributed by atoms with E-state index in [0.717, 1.165) is 17.9 Å². The van der Waals surface area contributed by atoms with E-state index in [-0.39, 0.29) is 0 Å². The van der Waals surface area contributed by atoms with E-state index >= 15 is 0 Å². The number of likely N-dealkylation sites (N-methyl/N-ethyl adjacent to an activating group) is 1. The molecule has 1 nitrogen and oxygen atoms in total. The van der Waals surface area contributed by atoms with Crippen molar-refractivity contribution < 1.29 is 0 Å². The van der Waals surface area contributed by atoms with E-state index in [1.54, 1.807) is 0 Å². The summed E-state index contributed by atoms with van der Waals surface area (Å²) in [5.41, 5.74) is 1.19. The van der Waals surface area contributed by atoms with Crippen molar-refractivity contribution in [1.29, 1.82) is 0 Å². The van der Waals surface area contributed by atoms with E-state index in [0.29, 0.717) is 6.04 Å². The van der Waals surface area contributed by atoms with E-state index in [2.05, 4.69) is 18.0 Å². The lowest BCUT2D eigenvalue weighted by Gasteiger charge is -2.14. The molecule has 1 N–H and O–H groups in total. The van der Waals surface area contributed by atoms with Crippen molar-refractivity contribution in [2.24, 2.45) is 0 Å². The molecule has 0 aromatic heterocycles.